The molecule has 3 aromatic rings. The van der Waals surface area contributed by atoms with Gasteiger partial charge in [-0.1, -0.05) is 30.3 Å². The van der Waals surface area contributed by atoms with Gasteiger partial charge in [0.25, 0.3) is 0 Å². The van der Waals surface area contributed by atoms with Crippen molar-refractivity contribution in [1.82, 2.24) is 10.2 Å². The van der Waals surface area contributed by atoms with E-state index in [1.165, 1.54) is 11.1 Å². The highest BCUT2D eigenvalue weighted by atomic mass is 16.1. The van der Waals surface area contributed by atoms with E-state index in [2.05, 4.69) is 35.4 Å². The van der Waals surface area contributed by atoms with Gasteiger partial charge in [0, 0.05) is 5.39 Å². The summed E-state index contributed by atoms with van der Waals surface area (Å²) in [5.41, 5.74) is 4.36. The summed E-state index contributed by atoms with van der Waals surface area (Å²) in [5.74, 6) is 0.523. The summed E-state index contributed by atoms with van der Waals surface area (Å²) in [6, 6.07) is 13.8. The molecule has 0 fully saturated rings. The summed E-state index contributed by atoms with van der Waals surface area (Å²) in [5, 5.41) is 10.8. The van der Waals surface area contributed by atoms with Crippen molar-refractivity contribution in [3.8, 4) is 0 Å². The van der Waals surface area contributed by atoms with Gasteiger partial charge in [-0.05, 0) is 42.7 Å². The molecule has 0 bridgehead atoms. The average molecular weight is 279 g/mol. The molecule has 106 valence electrons. The van der Waals surface area contributed by atoms with Crippen LogP contribution in [-0.2, 0) is 11.2 Å². The van der Waals surface area contributed by atoms with Crippen LogP contribution in [0.15, 0.2) is 42.5 Å². The average Bonchev–Trinajstić information content (AvgIpc) is 2.86. The van der Waals surface area contributed by atoms with Gasteiger partial charge in [-0.3, -0.25) is 9.89 Å². The van der Waals surface area contributed by atoms with Gasteiger partial charge in [0.1, 0.15) is 0 Å². The second-order valence-corrected chi connectivity index (χ2v) is 5.26. The zero-order chi connectivity index (χ0) is 14.8. The first kappa shape index (κ1) is 13.4. The third kappa shape index (κ3) is 2.79. The quantitative estimate of drug-likeness (QED) is 0.772. The zero-order valence-corrected chi connectivity index (χ0v) is 12.1. The maximum Gasteiger partial charge on any atom is 0.230 e. The van der Waals surface area contributed by atoms with Gasteiger partial charge >= 0.3 is 0 Å². The number of H-pyrrole nitrogens is 1. The molecule has 4 heteroatoms. The van der Waals surface area contributed by atoms with Crippen LogP contribution in [0.5, 0.6) is 0 Å². The molecule has 0 saturated heterocycles. The minimum absolute atomic E-state index is 0.0597. The Bertz CT molecular complexity index is 805. The van der Waals surface area contributed by atoms with Crippen molar-refractivity contribution in [2.75, 3.05) is 5.32 Å². The highest BCUT2D eigenvalue weighted by Crippen LogP contribution is 2.19. The number of aromatic nitrogens is 2. The van der Waals surface area contributed by atoms with E-state index in [1.54, 1.807) is 0 Å². The van der Waals surface area contributed by atoms with Gasteiger partial charge < -0.3 is 5.32 Å². The number of benzene rings is 2. The molecule has 0 aliphatic heterocycles. The largest absolute Gasteiger partial charge is 0.308 e. The van der Waals surface area contributed by atoms with Gasteiger partial charge in [-0.25, -0.2) is 0 Å². The van der Waals surface area contributed by atoms with Crippen molar-refractivity contribution in [3.63, 3.8) is 0 Å². The molecule has 0 aliphatic carbocycles. The summed E-state index contributed by atoms with van der Waals surface area (Å²) in [6.07, 6.45) is 0.350. The molecule has 0 saturated carbocycles. The fraction of sp³-hybridized carbons (Fsp3) is 0.176. The highest BCUT2D eigenvalue weighted by molar-refractivity contribution is 6.00. The van der Waals surface area contributed by atoms with E-state index in [0.29, 0.717) is 12.2 Å². The van der Waals surface area contributed by atoms with Gasteiger partial charge in [0.2, 0.25) is 5.91 Å². The van der Waals surface area contributed by atoms with E-state index in [4.69, 9.17) is 0 Å². The van der Waals surface area contributed by atoms with Crippen LogP contribution in [0.1, 0.15) is 16.7 Å². The van der Waals surface area contributed by atoms with E-state index in [0.717, 1.165) is 16.5 Å². The van der Waals surface area contributed by atoms with Crippen LogP contribution in [0.2, 0.25) is 0 Å². The lowest BCUT2D eigenvalue weighted by Gasteiger charge is -2.05. The SMILES string of the molecule is Cc1ccc(CC(=O)Nc2n[nH]c3ccccc23)cc1C. The lowest BCUT2D eigenvalue weighted by atomic mass is 10.0. The van der Waals surface area contributed by atoms with Crippen molar-refractivity contribution in [2.45, 2.75) is 20.3 Å². The first-order chi connectivity index (χ1) is 10.1. The molecule has 0 spiro atoms. The van der Waals surface area contributed by atoms with Crippen LogP contribution >= 0.6 is 0 Å². The molecule has 1 aromatic heterocycles. The van der Waals surface area contributed by atoms with Gasteiger partial charge in [0.15, 0.2) is 5.82 Å². The smallest absolute Gasteiger partial charge is 0.230 e. The fourth-order valence-corrected chi connectivity index (χ4v) is 2.33. The molecular formula is C17H17N3O. The molecule has 3 rings (SSSR count). The van der Waals surface area contributed by atoms with Crippen LogP contribution in [-0.4, -0.2) is 16.1 Å². The normalized spacial score (nSPS) is 10.8. The number of fused-ring (bicyclic) bond motifs is 1. The van der Waals surface area contributed by atoms with E-state index in [1.807, 2.05) is 36.4 Å². The molecule has 1 heterocycles. The molecule has 21 heavy (non-hydrogen) atoms. The standard InChI is InChI=1S/C17H17N3O/c1-11-7-8-13(9-12(11)2)10-16(21)18-17-14-5-3-4-6-15(14)19-20-17/h3-9H,10H2,1-2H3,(H2,18,19,20,21). The highest BCUT2D eigenvalue weighted by Gasteiger charge is 2.09. The molecular weight excluding hydrogens is 262 g/mol. The van der Waals surface area contributed by atoms with Crippen LogP contribution < -0.4 is 5.32 Å². The number of hydrogen-bond acceptors (Lipinski definition) is 2. The van der Waals surface area contributed by atoms with Crippen LogP contribution in [0.3, 0.4) is 0 Å². The van der Waals surface area contributed by atoms with Crippen molar-refractivity contribution in [3.05, 3.63) is 59.2 Å². The number of amides is 1. The molecule has 1 amide bonds. The monoisotopic (exact) mass is 279 g/mol. The van der Waals surface area contributed by atoms with Gasteiger partial charge in [-0.2, -0.15) is 5.10 Å². The second kappa shape index (κ2) is 5.40. The Morgan fingerprint density at radius 1 is 1.14 bits per heavy atom. The summed E-state index contributed by atoms with van der Waals surface area (Å²) in [6.45, 7) is 4.12. The minimum atomic E-state index is -0.0597. The number of aryl methyl sites for hydroxylation is 2. The minimum Gasteiger partial charge on any atom is -0.308 e. The number of hydrogen-bond donors (Lipinski definition) is 2. The van der Waals surface area contributed by atoms with E-state index >= 15 is 0 Å². The third-order valence-electron chi connectivity index (χ3n) is 3.66. The Hall–Kier alpha value is -2.62. The zero-order valence-electron chi connectivity index (χ0n) is 12.1. The Labute approximate surface area is 123 Å². The number of rotatable bonds is 3. The Balaban J connectivity index is 1.75. The van der Waals surface area contributed by atoms with Crippen molar-refractivity contribution in [1.29, 1.82) is 0 Å². The lowest BCUT2D eigenvalue weighted by Crippen LogP contribution is -2.15. The topological polar surface area (TPSA) is 57.8 Å². The molecule has 4 nitrogen and oxygen atoms in total. The van der Waals surface area contributed by atoms with Crippen molar-refractivity contribution in [2.24, 2.45) is 0 Å². The maximum absolute atomic E-state index is 12.2. The molecule has 0 radical (unpaired) electrons. The first-order valence-electron chi connectivity index (χ1n) is 6.92. The predicted molar refractivity (Wildman–Crippen MR) is 84.3 cm³/mol. The molecule has 0 atom stereocenters. The Morgan fingerprint density at radius 2 is 1.95 bits per heavy atom. The summed E-state index contributed by atoms with van der Waals surface area (Å²) >= 11 is 0. The number of nitrogens with one attached hydrogen (secondary N) is 2. The lowest BCUT2D eigenvalue weighted by molar-refractivity contribution is -0.115. The fourth-order valence-electron chi connectivity index (χ4n) is 2.33. The molecule has 2 aromatic carbocycles. The van der Waals surface area contributed by atoms with Gasteiger partial charge in [0.05, 0.1) is 11.9 Å². The van der Waals surface area contributed by atoms with Crippen LogP contribution in [0.4, 0.5) is 5.82 Å². The van der Waals surface area contributed by atoms with Crippen molar-refractivity contribution < 1.29 is 4.79 Å². The van der Waals surface area contributed by atoms with E-state index in [9.17, 15) is 4.79 Å². The van der Waals surface area contributed by atoms with Crippen LogP contribution in [0.25, 0.3) is 10.9 Å². The predicted octanol–water partition coefficient (Wildman–Crippen LogP) is 3.36. The van der Waals surface area contributed by atoms with E-state index < -0.39 is 0 Å². The number of aromatic amines is 1. The number of carbonyl (C=O) groups is 1. The molecule has 0 unspecified atom stereocenters. The number of anilines is 1. The number of para-hydroxylation sites is 1. The Kier molecular flexibility index (Phi) is 3.44. The summed E-state index contributed by atoms with van der Waals surface area (Å²) in [7, 11) is 0. The van der Waals surface area contributed by atoms with E-state index in [-0.39, 0.29) is 5.91 Å². The molecule has 0 aliphatic rings. The molecule has 2 N–H and O–H groups in total. The summed E-state index contributed by atoms with van der Waals surface area (Å²) < 4.78 is 0. The van der Waals surface area contributed by atoms with Gasteiger partial charge in [-0.15, -0.1) is 0 Å². The second-order valence-electron chi connectivity index (χ2n) is 5.26. The maximum atomic E-state index is 12.2. The first-order valence-corrected chi connectivity index (χ1v) is 6.92. The number of nitrogens with zero attached hydrogens (tertiary/aromatic N) is 1. The summed E-state index contributed by atoms with van der Waals surface area (Å²) in [4.78, 5) is 12.2. The Morgan fingerprint density at radius 3 is 2.76 bits per heavy atom. The van der Waals surface area contributed by atoms with Crippen LogP contribution in [0, 0.1) is 13.8 Å². The van der Waals surface area contributed by atoms with Crippen molar-refractivity contribution >= 4 is 22.6 Å². The number of carbonyl (C=O) groups excluding carboxylic acids is 1. The third-order valence-corrected chi connectivity index (χ3v) is 3.66.